The number of hydrogen-bond acceptors (Lipinski definition) is 4. The lowest BCUT2D eigenvalue weighted by molar-refractivity contribution is 0.000242. The minimum Gasteiger partial charge on any atom is -0.459 e. The number of rotatable bonds is 10. The van der Waals surface area contributed by atoms with E-state index in [0.29, 0.717) is 22.6 Å². The minimum atomic E-state index is -3.36. The molecule has 0 heterocycles. The van der Waals surface area contributed by atoms with Crippen LogP contribution in [0.15, 0.2) is 104 Å². The van der Waals surface area contributed by atoms with Gasteiger partial charge >= 0.3 is 5.97 Å². The molecule has 0 fully saturated rings. The predicted molar refractivity (Wildman–Crippen MR) is 130 cm³/mol. The molecule has 3 rings (SSSR count). The Morgan fingerprint density at radius 2 is 1.31 bits per heavy atom. The summed E-state index contributed by atoms with van der Waals surface area (Å²) in [7, 11) is -3.36. The summed E-state index contributed by atoms with van der Waals surface area (Å²) in [4.78, 5) is 12.6. The van der Waals surface area contributed by atoms with Gasteiger partial charge in [-0.25, -0.2) is 4.79 Å². The van der Waals surface area contributed by atoms with Crippen molar-refractivity contribution >= 4 is 23.9 Å². The fourth-order valence-corrected chi connectivity index (χ4v) is 5.98. The van der Waals surface area contributed by atoms with Crippen LogP contribution in [0.4, 0.5) is 0 Å². The molecule has 32 heavy (non-hydrogen) atoms. The first kappa shape index (κ1) is 23.7. The molecule has 3 unspecified atom stereocenters. The van der Waals surface area contributed by atoms with Gasteiger partial charge in [-0.1, -0.05) is 60.7 Å². The molecule has 5 heteroatoms. The predicted octanol–water partition coefficient (Wildman–Crippen LogP) is 5.76. The lowest BCUT2D eigenvalue weighted by Gasteiger charge is -2.31. The van der Waals surface area contributed by atoms with E-state index < -0.39 is 25.5 Å². The molecule has 4 nitrogen and oxygen atoms in total. The molecule has 0 aliphatic heterocycles. The Morgan fingerprint density at radius 3 is 1.78 bits per heavy atom. The van der Waals surface area contributed by atoms with Crippen molar-refractivity contribution in [1.82, 2.24) is 0 Å². The molecule has 0 aliphatic rings. The number of carbonyl (C=O) groups excluding carboxylic acids is 1. The van der Waals surface area contributed by atoms with Crippen LogP contribution in [0.3, 0.4) is 0 Å². The first-order chi connectivity index (χ1) is 15.5. The molecule has 0 spiro atoms. The zero-order chi connectivity index (χ0) is 23.0. The lowest BCUT2D eigenvalue weighted by Crippen LogP contribution is -2.34. The summed E-state index contributed by atoms with van der Waals surface area (Å²) in [6.07, 6.45) is 1.40. The van der Waals surface area contributed by atoms with Crippen LogP contribution in [0.5, 0.6) is 0 Å². The van der Waals surface area contributed by atoms with Crippen LogP contribution in [0.2, 0.25) is 0 Å². The largest absolute Gasteiger partial charge is 0.459 e. The molecule has 0 saturated heterocycles. The molecular weight excluding hydrogens is 419 g/mol. The van der Waals surface area contributed by atoms with Crippen molar-refractivity contribution < 1.29 is 18.6 Å². The van der Waals surface area contributed by atoms with Gasteiger partial charge in [-0.3, -0.25) is 4.57 Å². The van der Waals surface area contributed by atoms with E-state index in [1.54, 1.807) is 30.3 Å². The van der Waals surface area contributed by atoms with Gasteiger partial charge in [0.15, 0.2) is 0 Å². The van der Waals surface area contributed by atoms with Crippen LogP contribution >= 0.6 is 7.37 Å². The Balaban J connectivity index is 1.85. The zero-order valence-electron chi connectivity index (χ0n) is 18.5. The molecule has 0 aliphatic carbocycles. The average Bonchev–Trinajstić information content (AvgIpc) is 2.83. The van der Waals surface area contributed by atoms with E-state index in [0.717, 1.165) is 0 Å². The first-order valence-electron chi connectivity index (χ1n) is 10.7. The maximum absolute atomic E-state index is 14.2. The molecule has 3 atom stereocenters. The maximum Gasteiger partial charge on any atom is 0.338 e. The highest BCUT2D eigenvalue weighted by molar-refractivity contribution is 7.74. The van der Waals surface area contributed by atoms with E-state index in [9.17, 15) is 9.36 Å². The van der Waals surface area contributed by atoms with E-state index in [2.05, 4.69) is 6.58 Å². The SMILES string of the molecule is C=CCC(C(C)OC(=O)c1ccccc1)C(C)OP(=O)(c1ccccc1)c1ccccc1. The van der Waals surface area contributed by atoms with Gasteiger partial charge in [0, 0.05) is 16.5 Å². The van der Waals surface area contributed by atoms with Gasteiger partial charge in [-0.15, -0.1) is 6.58 Å². The van der Waals surface area contributed by atoms with Gasteiger partial charge in [0.05, 0.1) is 11.7 Å². The molecule has 0 N–H and O–H groups in total. The summed E-state index contributed by atoms with van der Waals surface area (Å²) in [6, 6.07) is 27.3. The molecule has 0 aromatic heterocycles. The minimum absolute atomic E-state index is 0.221. The number of benzene rings is 3. The fourth-order valence-electron chi connectivity index (χ4n) is 3.69. The smallest absolute Gasteiger partial charge is 0.338 e. The van der Waals surface area contributed by atoms with Crippen LogP contribution < -0.4 is 10.6 Å². The lowest BCUT2D eigenvalue weighted by atomic mass is 9.94. The van der Waals surface area contributed by atoms with E-state index >= 15 is 0 Å². The summed E-state index contributed by atoms with van der Waals surface area (Å²) >= 11 is 0. The van der Waals surface area contributed by atoms with Gasteiger partial charge in [-0.2, -0.15) is 0 Å². The summed E-state index contributed by atoms with van der Waals surface area (Å²) in [5.41, 5.74) is 0.490. The Hall–Kier alpha value is -2.94. The van der Waals surface area contributed by atoms with Gasteiger partial charge in [0.25, 0.3) is 7.37 Å². The quantitative estimate of drug-likeness (QED) is 0.225. The second-order valence-electron chi connectivity index (χ2n) is 7.70. The summed E-state index contributed by atoms with van der Waals surface area (Å²) in [5, 5.41) is 1.26. The van der Waals surface area contributed by atoms with Crippen LogP contribution in [0.1, 0.15) is 30.6 Å². The van der Waals surface area contributed by atoms with E-state index in [1.807, 2.05) is 80.6 Å². The highest BCUT2D eigenvalue weighted by Gasteiger charge is 2.35. The zero-order valence-corrected chi connectivity index (χ0v) is 19.4. The molecule has 3 aromatic carbocycles. The molecule has 0 bridgehead atoms. The number of carbonyl (C=O) groups is 1. The topological polar surface area (TPSA) is 52.6 Å². The Bertz CT molecular complexity index is 1010. The van der Waals surface area contributed by atoms with Crippen molar-refractivity contribution in [3.8, 4) is 0 Å². The van der Waals surface area contributed by atoms with Crippen molar-refractivity contribution in [2.45, 2.75) is 32.5 Å². The third-order valence-electron chi connectivity index (χ3n) is 5.45. The fraction of sp³-hybridized carbons (Fsp3) is 0.222. The second-order valence-corrected chi connectivity index (χ2v) is 10.0. The van der Waals surface area contributed by atoms with E-state index in [1.165, 1.54) is 0 Å². The average molecular weight is 448 g/mol. The highest BCUT2D eigenvalue weighted by atomic mass is 31.2. The van der Waals surface area contributed by atoms with Crippen molar-refractivity contribution in [3.63, 3.8) is 0 Å². The van der Waals surface area contributed by atoms with Crippen LogP contribution in [-0.2, 0) is 13.8 Å². The Kier molecular flexibility index (Phi) is 8.21. The summed E-state index contributed by atoms with van der Waals surface area (Å²) in [6.45, 7) is 7.56. The van der Waals surface area contributed by atoms with Gasteiger partial charge in [0.1, 0.15) is 6.10 Å². The summed E-state index contributed by atoms with van der Waals surface area (Å²) in [5.74, 6) is -0.616. The Labute approximate surface area is 190 Å². The third-order valence-corrected chi connectivity index (χ3v) is 8.04. The molecule has 3 aromatic rings. The number of ether oxygens (including phenoxy) is 1. The summed E-state index contributed by atoms with van der Waals surface area (Å²) < 4.78 is 26.3. The molecule has 0 amide bonds. The highest BCUT2D eigenvalue weighted by Crippen LogP contribution is 2.47. The van der Waals surface area contributed by atoms with Crippen molar-refractivity contribution in [2.24, 2.45) is 5.92 Å². The van der Waals surface area contributed by atoms with Crippen LogP contribution in [-0.4, -0.2) is 18.2 Å². The van der Waals surface area contributed by atoms with Crippen molar-refractivity contribution in [2.75, 3.05) is 0 Å². The van der Waals surface area contributed by atoms with E-state index in [4.69, 9.17) is 9.26 Å². The monoisotopic (exact) mass is 448 g/mol. The molecule has 0 saturated carbocycles. The maximum atomic E-state index is 14.2. The molecular formula is C27H29O4P. The molecule has 166 valence electrons. The number of esters is 1. The van der Waals surface area contributed by atoms with E-state index in [-0.39, 0.29) is 5.92 Å². The van der Waals surface area contributed by atoms with Crippen molar-refractivity contribution in [3.05, 3.63) is 109 Å². The standard InChI is InChI=1S/C27H29O4P/c1-4-14-26(21(2)30-27(28)23-15-8-5-9-16-23)22(3)31-32(29,24-17-10-6-11-18-24)25-19-12-7-13-20-25/h4-13,15-22,26H,1,14H2,2-3H3. The van der Waals surface area contributed by atoms with Gasteiger partial charge in [0.2, 0.25) is 0 Å². The second kappa shape index (κ2) is 11.1. The number of allylic oxidation sites excluding steroid dienone is 1. The van der Waals surface area contributed by atoms with Crippen LogP contribution in [0.25, 0.3) is 0 Å². The number of hydrogen-bond donors (Lipinski definition) is 0. The van der Waals surface area contributed by atoms with Gasteiger partial charge in [-0.05, 0) is 56.7 Å². The van der Waals surface area contributed by atoms with Crippen molar-refractivity contribution in [1.29, 1.82) is 0 Å². The van der Waals surface area contributed by atoms with Crippen LogP contribution in [0, 0.1) is 5.92 Å². The normalized spacial score (nSPS) is 14.2. The molecule has 0 radical (unpaired) electrons. The Morgan fingerprint density at radius 1 is 0.844 bits per heavy atom. The van der Waals surface area contributed by atoms with Gasteiger partial charge < -0.3 is 9.26 Å². The first-order valence-corrected chi connectivity index (χ1v) is 12.3. The third kappa shape index (κ3) is 5.64.